The molecular weight excluding hydrogens is 308 g/mol. The van der Waals surface area contributed by atoms with Gasteiger partial charge in [0.1, 0.15) is 11.5 Å². The summed E-state index contributed by atoms with van der Waals surface area (Å²) in [4.78, 5) is 23.5. The fraction of sp³-hybridized carbons (Fsp3) is 0.158. The predicted octanol–water partition coefficient (Wildman–Crippen LogP) is 3.61. The molecule has 124 valence electrons. The van der Waals surface area contributed by atoms with Gasteiger partial charge in [-0.25, -0.2) is 4.79 Å². The monoisotopic (exact) mass is 326 g/mol. The van der Waals surface area contributed by atoms with E-state index in [1.807, 2.05) is 0 Å². The standard InChI is InChI=1S/C19H18O5/c1-11-10-14(18(24-3)12(2)17(11)19(22)23)6-9-16(21)13-4-7-15(20)8-5-13/h4-10,20H,1-3H3,(H,22,23). The number of carbonyl (C=O) groups is 2. The zero-order valence-corrected chi connectivity index (χ0v) is 13.7. The lowest BCUT2D eigenvalue weighted by Gasteiger charge is -2.13. The summed E-state index contributed by atoms with van der Waals surface area (Å²) in [7, 11) is 1.46. The molecule has 0 aliphatic carbocycles. The predicted molar refractivity (Wildman–Crippen MR) is 90.9 cm³/mol. The van der Waals surface area contributed by atoms with Gasteiger partial charge in [0.2, 0.25) is 0 Å². The number of allylic oxidation sites excluding steroid dienone is 1. The number of hydrogen-bond acceptors (Lipinski definition) is 4. The molecule has 0 aromatic heterocycles. The van der Waals surface area contributed by atoms with Crippen molar-refractivity contribution in [1.82, 2.24) is 0 Å². The fourth-order valence-corrected chi connectivity index (χ4v) is 2.61. The number of ketones is 1. The number of aromatic carboxylic acids is 1. The number of methoxy groups -OCH3 is 1. The second-order valence-corrected chi connectivity index (χ2v) is 5.37. The van der Waals surface area contributed by atoms with Crippen molar-refractivity contribution < 1.29 is 24.5 Å². The van der Waals surface area contributed by atoms with Gasteiger partial charge in [-0.2, -0.15) is 0 Å². The molecule has 0 aliphatic rings. The molecule has 0 unspecified atom stereocenters. The van der Waals surface area contributed by atoms with Crippen LogP contribution in [0.15, 0.2) is 36.4 Å². The highest BCUT2D eigenvalue weighted by Gasteiger charge is 2.17. The summed E-state index contributed by atoms with van der Waals surface area (Å²) in [5.74, 6) is -0.728. The molecule has 2 aromatic rings. The molecule has 0 radical (unpaired) electrons. The quantitative estimate of drug-likeness (QED) is 0.648. The Labute approximate surface area is 139 Å². The molecule has 2 rings (SSSR count). The number of hydrogen-bond donors (Lipinski definition) is 2. The van der Waals surface area contributed by atoms with Gasteiger partial charge < -0.3 is 14.9 Å². The van der Waals surface area contributed by atoms with E-state index in [0.29, 0.717) is 28.0 Å². The van der Waals surface area contributed by atoms with Crippen molar-refractivity contribution >= 4 is 17.8 Å². The van der Waals surface area contributed by atoms with E-state index in [1.54, 1.807) is 26.0 Å². The molecule has 2 aromatic carbocycles. The van der Waals surface area contributed by atoms with Crippen LogP contribution in [-0.2, 0) is 0 Å². The molecule has 24 heavy (non-hydrogen) atoms. The van der Waals surface area contributed by atoms with Crippen LogP contribution in [0.5, 0.6) is 11.5 Å². The summed E-state index contributed by atoms with van der Waals surface area (Å²) >= 11 is 0. The van der Waals surface area contributed by atoms with Gasteiger partial charge in [-0.15, -0.1) is 0 Å². The van der Waals surface area contributed by atoms with Crippen molar-refractivity contribution in [3.8, 4) is 11.5 Å². The average molecular weight is 326 g/mol. The molecule has 0 aliphatic heterocycles. The molecule has 0 atom stereocenters. The lowest BCUT2D eigenvalue weighted by molar-refractivity contribution is 0.0694. The van der Waals surface area contributed by atoms with E-state index in [4.69, 9.17) is 4.74 Å². The third-order valence-electron chi connectivity index (χ3n) is 3.73. The zero-order chi connectivity index (χ0) is 17.9. The first kappa shape index (κ1) is 17.3. The lowest BCUT2D eigenvalue weighted by Crippen LogP contribution is -2.06. The van der Waals surface area contributed by atoms with Gasteiger partial charge in [-0.1, -0.05) is 0 Å². The maximum Gasteiger partial charge on any atom is 0.336 e. The Kier molecular flexibility index (Phi) is 5.04. The van der Waals surface area contributed by atoms with Crippen LogP contribution in [0.4, 0.5) is 0 Å². The first-order valence-corrected chi connectivity index (χ1v) is 7.28. The fourth-order valence-electron chi connectivity index (χ4n) is 2.61. The van der Waals surface area contributed by atoms with Crippen LogP contribution in [0.3, 0.4) is 0 Å². The number of phenols is 1. The number of carboxylic acid groups (broad SMARTS) is 1. The molecule has 0 spiro atoms. The van der Waals surface area contributed by atoms with Crippen molar-refractivity contribution in [2.75, 3.05) is 7.11 Å². The van der Waals surface area contributed by atoms with Crippen LogP contribution >= 0.6 is 0 Å². The molecule has 0 fully saturated rings. The van der Waals surface area contributed by atoms with Crippen LogP contribution in [0.2, 0.25) is 0 Å². The summed E-state index contributed by atoms with van der Waals surface area (Å²) in [5.41, 5.74) is 2.39. The van der Waals surface area contributed by atoms with E-state index in [0.717, 1.165) is 0 Å². The number of carbonyl (C=O) groups excluding carboxylic acids is 1. The highest BCUT2D eigenvalue weighted by molar-refractivity contribution is 6.07. The largest absolute Gasteiger partial charge is 0.508 e. The number of phenolic OH excluding ortho intramolecular Hbond substituents is 1. The summed E-state index contributed by atoms with van der Waals surface area (Å²) in [5, 5.41) is 18.6. The lowest BCUT2D eigenvalue weighted by atomic mass is 9.97. The Morgan fingerprint density at radius 2 is 1.75 bits per heavy atom. The van der Waals surface area contributed by atoms with Gasteiger partial charge in [0.25, 0.3) is 0 Å². The minimum Gasteiger partial charge on any atom is -0.508 e. The number of aryl methyl sites for hydroxylation is 1. The molecule has 5 nitrogen and oxygen atoms in total. The van der Waals surface area contributed by atoms with E-state index in [1.165, 1.54) is 37.5 Å². The molecule has 0 heterocycles. The van der Waals surface area contributed by atoms with E-state index in [-0.39, 0.29) is 17.1 Å². The van der Waals surface area contributed by atoms with Crippen molar-refractivity contribution in [2.45, 2.75) is 13.8 Å². The summed E-state index contributed by atoms with van der Waals surface area (Å²) in [6.07, 6.45) is 2.99. The summed E-state index contributed by atoms with van der Waals surface area (Å²) < 4.78 is 5.32. The SMILES string of the molecule is COc1c(C=CC(=O)c2ccc(O)cc2)cc(C)c(C(=O)O)c1C. The normalized spacial score (nSPS) is 10.8. The first-order valence-electron chi connectivity index (χ1n) is 7.28. The molecule has 0 bridgehead atoms. The summed E-state index contributed by atoms with van der Waals surface area (Å²) in [6.45, 7) is 3.38. The van der Waals surface area contributed by atoms with Gasteiger partial charge in [0, 0.05) is 16.7 Å². The van der Waals surface area contributed by atoms with Crippen LogP contribution in [0.25, 0.3) is 6.08 Å². The van der Waals surface area contributed by atoms with Gasteiger partial charge in [0.05, 0.1) is 12.7 Å². The zero-order valence-electron chi connectivity index (χ0n) is 13.7. The molecule has 0 amide bonds. The van der Waals surface area contributed by atoms with E-state index >= 15 is 0 Å². The van der Waals surface area contributed by atoms with E-state index < -0.39 is 5.97 Å². The van der Waals surface area contributed by atoms with Crippen LogP contribution in [0.1, 0.15) is 37.4 Å². The second kappa shape index (κ2) is 7.00. The van der Waals surface area contributed by atoms with Crippen LogP contribution < -0.4 is 4.74 Å². The molecule has 5 heteroatoms. The molecule has 0 saturated heterocycles. The molecular formula is C19H18O5. The minimum atomic E-state index is -1.01. The average Bonchev–Trinajstić information content (AvgIpc) is 2.52. The van der Waals surface area contributed by atoms with Crippen molar-refractivity contribution in [3.63, 3.8) is 0 Å². The number of carboxylic acids is 1. The van der Waals surface area contributed by atoms with E-state index in [9.17, 15) is 19.8 Å². The Balaban J connectivity index is 2.40. The third kappa shape index (κ3) is 3.46. The van der Waals surface area contributed by atoms with Gasteiger partial charge in [-0.05, 0) is 61.9 Å². The van der Waals surface area contributed by atoms with Crippen molar-refractivity contribution in [3.05, 3.63) is 64.2 Å². The summed E-state index contributed by atoms with van der Waals surface area (Å²) in [6, 6.07) is 7.62. The minimum absolute atomic E-state index is 0.0905. The Morgan fingerprint density at radius 1 is 1.12 bits per heavy atom. The Hall–Kier alpha value is -3.08. The first-order chi connectivity index (χ1) is 11.3. The highest BCUT2D eigenvalue weighted by atomic mass is 16.5. The second-order valence-electron chi connectivity index (χ2n) is 5.37. The topological polar surface area (TPSA) is 83.8 Å². The molecule has 0 saturated carbocycles. The number of ether oxygens (including phenoxy) is 1. The van der Waals surface area contributed by atoms with Crippen LogP contribution in [0, 0.1) is 13.8 Å². The van der Waals surface area contributed by atoms with Gasteiger partial charge in [0.15, 0.2) is 5.78 Å². The number of benzene rings is 2. The Bertz CT molecular complexity index is 817. The highest BCUT2D eigenvalue weighted by Crippen LogP contribution is 2.30. The third-order valence-corrected chi connectivity index (χ3v) is 3.73. The molecule has 2 N–H and O–H groups in total. The maximum atomic E-state index is 12.2. The Morgan fingerprint density at radius 3 is 2.29 bits per heavy atom. The number of aromatic hydroxyl groups is 1. The van der Waals surface area contributed by atoms with Crippen LogP contribution in [-0.4, -0.2) is 29.1 Å². The maximum absolute atomic E-state index is 12.2. The van der Waals surface area contributed by atoms with Crippen molar-refractivity contribution in [2.24, 2.45) is 0 Å². The van der Waals surface area contributed by atoms with Crippen molar-refractivity contribution in [1.29, 1.82) is 0 Å². The smallest absolute Gasteiger partial charge is 0.336 e. The van der Waals surface area contributed by atoms with Gasteiger partial charge in [-0.3, -0.25) is 4.79 Å². The number of rotatable bonds is 5. The van der Waals surface area contributed by atoms with E-state index in [2.05, 4.69) is 0 Å². The van der Waals surface area contributed by atoms with Gasteiger partial charge >= 0.3 is 5.97 Å².